The van der Waals surface area contributed by atoms with Crippen molar-refractivity contribution in [3.05, 3.63) is 23.8 Å². The lowest BCUT2D eigenvalue weighted by Crippen LogP contribution is -2.63. The summed E-state index contributed by atoms with van der Waals surface area (Å²) in [7, 11) is 2.53. The Hall–Kier alpha value is -8.59. The Morgan fingerprint density at radius 1 is 0.678 bits per heavy atom. The molecule has 2 unspecified atom stereocenters. The number of ether oxygens (including phenoxy) is 3. The molecule has 0 aromatic carbocycles. The number of aliphatic hydroxyl groups is 1. The molecule has 6 aliphatic rings. The van der Waals surface area contributed by atoms with Gasteiger partial charge in [0, 0.05) is 48.1 Å². The maximum atomic E-state index is 14.7. The van der Waals surface area contributed by atoms with Gasteiger partial charge in [0.05, 0.1) is 44.8 Å². The van der Waals surface area contributed by atoms with Crippen molar-refractivity contribution in [2.45, 2.75) is 245 Å². The smallest absolute Gasteiger partial charge is 0.306 e. The summed E-state index contributed by atoms with van der Waals surface area (Å²) in [6.07, 6.45) is 7.41. The number of rotatable bonds is 45. The highest BCUT2D eigenvalue weighted by atomic mass is 33.1. The Bertz CT molecular complexity index is 3660. The highest BCUT2D eigenvalue weighted by Crippen LogP contribution is 2.70. The van der Waals surface area contributed by atoms with Crippen molar-refractivity contribution in [2.75, 3.05) is 57.4 Å². The minimum Gasteiger partial charge on any atom is -0.481 e. The second-order valence-corrected chi connectivity index (χ2v) is 34.9. The number of carbonyl (C=O) groups is 17. The number of nitrogens with two attached hydrogens (primary N) is 2. The number of hydrogen-bond donors (Lipinski definition) is 15. The van der Waals surface area contributed by atoms with E-state index in [0.717, 1.165) is 23.3 Å². The van der Waals surface area contributed by atoms with Crippen molar-refractivity contribution in [3.8, 4) is 0 Å². The average Bonchev–Trinajstić information content (AvgIpc) is 1.52. The van der Waals surface area contributed by atoms with Crippen LogP contribution < -0.4 is 70.0 Å². The number of fused-ring (bicyclic) bond motifs is 7. The van der Waals surface area contributed by atoms with Gasteiger partial charge < -0.3 is 99.3 Å². The number of esters is 1. The molecule has 6 rings (SSSR count). The molecule has 2 saturated heterocycles. The molecule has 36 nitrogen and oxygen atoms in total. The SMILES string of the molecule is CCCC1O[C@@H]2C[C@H]3[C@@H]4CCC5=CC(=O)C=C[C@]5(C)[C@H]4[C@@H](O)C[C@]3(C)[C@]2(C(=O)COC(=O)CCCSSCC(NC(C)=O)C(=O)NCC(=O)N[C@H](C(=O)N[C@H](C(=O)N[C@H](C(=O)NCC(=O)NCC(=O)N[C@@H](CC(=O)O)C(=O)N2CCC[C@H]2C(=O)N[C@H](C(=O)N[C@@H](CCCCN)C(=O)NCC(N)=O)C(C)C)C(C)C)C(C)C)C(C)C)O1. The number of carboxylic acid groups (broad SMARTS) is 1. The maximum absolute atomic E-state index is 14.7. The van der Waals surface area contributed by atoms with Gasteiger partial charge in [0.2, 0.25) is 82.6 Å². The lowest BCUT2D eigenvalue weighted by Gasteiger charge is -2.59. The lowest BCUT2D eigenvalue weighted by atomic mass is 9.46. The second kappa shape index (κ2) is 43.6. The van der Waals surface area contributed by atoms with Gasteiger partial charge in [0.25, 0.3) is 0 Å². The number of primary amides is 1. The molecule has 0 spiro atoms. The molecule has 642 valence electrons. The topological polar surface area (TPSA) is 546 Å². The first-order valence-corrected chi connectivity index (χ1v) is 42.2. The molecule has 5 fully saturated rings. The zero-order valence-electron chi connectivity index (χ0n) is 67.9. The molecule has 4 aliphatic carbocycles. The van der Waals surface area contributed by atoms with E-state index in [1.54, 1.807) is 67.5 Å². The van der Waals surface area contributed by atoms with E-state index < -0.39 is 241 Å². The minimum atomic E-state index is -1.74. The number of allylic oxidation sites excluding steroid dienone is 4. The normalized spacial score (nSPS) is 25.0. The molecular formula is C77H120N14O22S2. The van der Waals surface area contributed by atoms with Crippen molar-refractivity contribution in [1.82, 2.24) is 63.4 Å². The van der Waals surface area contributed by atoms with Gasteiger partial charge in [-0.2, -0.15) is 0 Å². The molecule has 0 radical (unpaired) electrons. The fourth-order valence-corrected chi connectivity index (χ4v) is 18.8. The Kier molecular flexibility index (Phi) is 36.1. The fourth-order valence-electron chi connectivity index (χ4n) is 16.6. The molecule has 0 aromatic rings. The molecule has 17 atom stereocenters. The third-order valence-electron chi connectivity index (χ3n) is 22.4. The van der Waals surface area contributed by atoms with Crippen LogP contribution in [0.1, 0.15) is 173 Å². The third kappa shape index (κ3) is 25.2. The maximum Gasteiger partial charge on any atom is 0.306 e. The first-order chi connectivity index (χ1) is 54.1. The zero-order chi connectivity index (χ0) is 85.6. The van der Waals surface area contributed by atoms with Crippen molar-refractivity contribution in [2.24, 2.45) is 63.7 Å². The summed E-state index contributed by atoms with van der Waals surface area (Å²) in [4.78, 5) is 226. The van der Waals surface area contributed by atoms with Crippen LogP contribution in [0.5, 0.6) is 0 Å². The zero-order valence-corrected chi connectivity index (χ0v) is 69.5. The van der Waals surface area contributed by atoms with Crippen molar-refractivity contribution < 1.29 is 106 Å². The van der Waals surface area contributed by atoms with Gasteiger partial charge in [-0.1, -0.05) is 116 Å². The number of Topliss-reactive ketones (excluding diaryl/α,β-unsaturated/α-hetero) is 1. The van der Waals surface area contributed by atoms with E-state index in [0.29, 0.717) is 50.8 Å². The van der Waals surface area contributed by atoms with Gasteiger partial charge in [0.1, 0.15) is 48.3 Å². The van der Waals surface area contributed by atoms with Crippen molar-refractivity contribution in [3.63, 3.8) is 0 Å². The number of aliphatic carboxylic acids is 1. The van der Waals surface area contributed by atoms with E-state index in [9.17, 15) is 91.7 Å². The summed E-state index contributed by atoms with van der Waals surface area (Å²) in [5, 5.41) is 49.3. The van der Waals surface area contributed by atoms with Crippen LogP contribution in [0.2, 0.25) is 0 Å². The van der Waals surface area contributed by atoms with Crippen molar-refractivity contribution >= 4 is 122 Å². The lowest BCUT2D eigenvalue weighted by molar-refractivity contribution is -0.201. The predicted molar refractivity (Wildman–Crippen MR) is 421 cm³/mol. The van der Waals surface area contributed by atoms with Gasteiger partial charge in [-0.05, 0) is 125 Å². The number of carboxylic acids is 1. The summed E-state index contributed by atoms with van der Waals surface area (Å²) in [6.45, 7) is 17.3. The number of likely N-dealkylation sites (tertiary alicyclic amines) is 1. The number of aliphatic hydroxyl groups excluding tert-OH is 1. The van der Waals surface area contributed by atoms with Crippen LogP contribution in [0.4, 0.5) is 0 Å². The van der Waals surface area contributed by atoms with Crippen LogP contribution in [-0.4, -0.2) is 245 Å². The summed E-state index contributed by atoms with van der Waals surface area (Å²) < 4.78 is 18.8. The molecule has 3 saturated carbocycles. The third-order valence-corrected chi connectivity index (χ3v) is 24.9. The van der Waals surface area contributed by atoms with Gasteiger partial charge in [-0.25, -0.2) is 0 Å². The number of nitrogens with one attached hydrogen (secondary N) is 11. The van der Waals surface area contributed by atoms with Crippen LogP contribution in [0.3, 0.4) is 0 Å². The van der Waals surface area contributed by atoms with Gasteiger partial charge >= 0.3 is 11.9 Å². The Labute approximate surface area is 678 Å². The van der Waals surface area contributed by atoms with Crippen LogP contribution >= 0.6 is 21.6 Å². The number of ketones is 2. The molecule has 115 heavy (non-hydrogen) atoms. The van der Waals surface area contributed by atoms with Crippen LogP contribution in [-0.2, 0) is 95.7 Å². The predicted octanol–water partition coefficient (Wildman–Crippen LogP) is -0.988. The van der Waals surface area contributed by atoms with Gasteiger partial charge in [0.15, 0.2) is 24.3 Å². The standard InChI is InChI=1S/C77H120N14O22S2/c1-13-18-61-112-54-30-47-46-23-22-44-29-45(93)24-25-75(44,11)62(46)52(94)32-76(47,12)77(54,113-61)53(95)37-111-60(102)21-17-28-114-115-38-50(84-43(10)92)68(104)82-36-58(99)87-64(40(4)5)72(108)90-66(42(8)9)73(109)89-63(39(2)3)70(106)83-34-56(97)80-35-57(98)85-49(31-59(100)101)74(110)91-27-16-20-51(91)69(105)88-65(41(6)7)71(107)86-48(19-14-15-26-78)67(103)81-33-55(79)96/h24-25,29,39-42,46-52,54,61-66,94H,13-23,26-28,30-38,78H2,1-12H3,(H2,79,96)(H,80,97)(H,81,103)(H,82,104)(H,83,106)(H,84,92)(H,85,98)(H,86,107)(H,87,99)(H,88,105)(H,89,109)(H,90,108)(H,100,101)/t46-,47-,48-,49-,50?,51-,52-,54+,61?,62+,63-,64-,65-,66-,75-,76-,77+/m0/s1. The molecule has 0 aromatic heterocycles. The van der Waals surface area contributed by atoms with Gasteiger partial charge in [-0.3, -0.25) is 81.5 Å². The van der Waals surface area contributed by atoms with E-state index in [1.165, 1.54) is 28.5 Å². The summed E-state index contributed by atoms with van der Waals surface area (Å²) in [5.41, 5.74) is 8.96. The quantitative estimate of drug-likeness (QED) is 0.0198. The van der Waals surface area contributed by atoms with Crippen LogP contribution in [0.15, 0.2) is 23.8 Å². The number of amides is 13. The molecule has 0 bridgehead atoms. The highest BCUT2D eigenvalue weighted by Gasteiger charge is 2.76. The number of unbranched alkanes of at least 4 members (excludes halogenated alkanes) is 1. The molecule has 17 N–H and O–H groups in total. The van der Waals surface area contributed by atoms with Crippen molar-refractivity contribution in [1.29, 1.82) is 0 Å². The van der Waals surface area contributed by atoms with Crippen LogP contribution in [0, 0.1) is 52.3 Å². The Morgan fingerprint density at radius 2 is 1.26 bits per heavy atom. The summed E-state index contributed by atoms with van der Waals surface area (Å²) >= 11 is 0. The molecule has 2 aliphatic heterocycles. The van der Waals surface area contributed by atoms with E-state index >= 15 is 0 Å². The fraction of sp³-hybridized carbons (Fsp3) is 0.727. The Balaban J connectivity index is 0.925. The van der Waals surface area contributed by atoms with E-state index in [1.807, 2.05) is 19.9 Å². The monoisotopic (exact) mass is 1660 g/mol. The summed E-state index contributed by atoms with van der Waals surface area (Å²) in [6, 6.07) is -10.3. The Morgan fingerprint density at radius 3 is 1.88 bits per heavy atom. The highest BCUT2D eigenvalue weighted by molar-refractivity contribution is 8.76. The number of nitrogens with zero attached hydrogens (tertiary/aromatic N) is 1. The van der Waals surface area contributed by atoms with Crippen LogP contribution in [0.25, 0.3) is 0 Å². The number of hydrogen-bond acceptors (Lipinski definition) is 24. The number of carbonyl (C=O) groups excluding carboxylic acids is 16. The van der Waals surface area contributed by atoms with Gasteiger partial charge in [-0.15, -0.1) is 0 Å². The van der Waals surface area contributed by atoms with E-state index in [-0.39, 0.29) is 67.9 Å². The average molecular weight is 1660 g/mol. The first kappa shape index (κ1) is 95.3. The second-order valence-electron chi connectivity index (χ2n) is 32.3. The summed E-state index contributed by atoms with van der Waals surface area (Å²) in [5.74, 6) is -15.2. The molecule has 2 heterocycles. The molecule has 13 amide bonds. The molecule has 38 heteroatoms. The molecular weight excluding hydrogens is 1540 g/mol. The largest absolute Gasteiger partial charge is 0.481 e. The van der Waals surface area contributed by atoms with E-state index in [4.69, 9.17) is 25.7 Å². The first-order valence-electron chi connectivity index (χ1n) is 39.7. The minimum absolute atomic E-state index is 0.00774. The van der Waals surface area contributed by atoms with E-state index in [2.05, 4.69) is 65.4 Å².